The zero-order chi connectivity index (χ0) is 11.4. The number of anilines is 1. The van der Waals surface area contributed by atoms with Crippen molar-refractivity contribution in [3.63, 3.8) is 0 Å². The van der Waals surface area contributed by atoms with Crippen LogP contribution in [0.2, 0.25) is 0 Å². The number of aliphatic hydroxyl groups excluding tert-OH is 1. The zero-order valence-corrected chi connectivity index (χ0v) is 9.25. The number of hydrogen-bond acceptors (Lipinski definition) is 3. The van der Waals surface area contributed by atoms with Crippen LogP contribution in [0.4, 0.5) is 10.2 Å². The number of hydrogen-bond donors (Lipinski definition) is 2. The van der Waals surface area contributed by atoms with E-state index in [0.29, 0.717) is 5.82 Å². The third kappa shape index (κ3) is 2.50. The molecule has 1 fully saturated rings. The summed E-state index contributed by atoms with van der Waals surface area (Å²) in [4.78, 5) is 3.77. The lowest BCUT2D eigenvalue weighted by Crippen LogP contribution is -2.44. The summed E-state index contributed by atoms with van der Waals surface area (Å²) in [5.41, 5.74) is -0.307. The van der Waals surface area contributed by atoms with Crippen LogP contribution in [0.3, 0.4) is 0 Å². The van der Waals surface area contributed by atoms with Crippen LogP contribution in [-0.4, -0.2) is 22.2 Å². The van der Waals surface area contributed by atoms with Gasteiger partial charge in [0.05, 0.1) is 12.1 Å². The first-order valence-electron chi connectivity index (χ1n) is 5.76. The van der Waals surface area contributed by atoms with Crippen LogP contribution in [0.25, 0.3) is 0 Å². The molecule has 1 aromatic rings. The molecule has 16 heavy (non-hydrogen) atoms. The highest BCUT2D eigenvalue weighted by molar-refractivity contribution is 5.37. The van der Waals surface area contributed by atoms with Gasteiger partial charge in [0.15, 0.2) is 0 Å². The topological polar surface area (TPSA) is 45.1 Å². The second kappa shape index (κ2) is 4.78. The Bertz CT molecular complexity index is 351. The summed E-state index contributed by atoms with van der Waals surface area (Å²) in [7, 11) is 0. The van der Waals surface area contributed by atoms with Gasteiger partial charge >= 0.3 is 0 Å². The van der Waals surface area contributed by atoms with Gasteiger partial charge in [-0.1, -0.05) is 25.3 Å². The summed E-state index contributed by atoms with van der Waals surface area (Å²) in [5, 5.41) is 12.7. The maximum Gasteiger partial charge on any atom is 0.214 e. The first-order valence-corrected chi connectivity index (χ1v) is 5.76. The lowest BCUT2D eigenvalue weighted by molar-refractivity contribution is 0.172. The highest BCUT2D eigenvalue weighted by atomic mass is 19.1. The van der Waals surface area contributed by atoms with Gasteiger partial charge in [0.1, 0.15) is 5.82 Å². The van der Waals surface area contributed by atoms with Crippen molar-refractivity contribution in [2.75, 3.05) is 11.9 Å². The van der Waals surface area contributed by atoms with Gasteiger partial charge in [0.2, 0.25) is 5.95 Å². The van der Waals surface area contributed by atoms with Gasteiger partial charge in [0.25, 0.3) is 0 Å². The van der Waals surface area contributed by atoms with Crippen LogP contribution < -0.4 is 5.32 Å². The Hall–Kier alpha value is -1.16. The maximum atomic E-state index is 12.9. The SMILES string of the molecule is OCC1(Nc2cccc(F)n2)CCCCC1. The van der Waals surface area contributed by atoms with Gasteiger partial charge in [-0.25, -0.2) is 4.98 Å². The quantitative estimate of drug-likeness (QED) is 0.774. The van der Waals surface area contributed by atoms with Crippen molar-refractivity contribution >= 4 is 5.82 Å². The molecule has 0 amide bonds. The Morgan fingerprint density at radius 1 is 1.31 bits per heavy atom. The summed E-state index contributed by atoms with van der Waals surface area (Å²) < 4.78 is 12.9. The molecule has 0 aromatic carbocycles. The summed E-state index contributed by atoms with van der Waals surface area (Å²) in [6.45, 7) is 0.0746. The predicted octanol–water partition coefficient (Wildman–Crippen LogP) is 2.33. The Balaban J connectivity index is 2.11. The number of pyridine rings is 1. The van der Waals surface area contributed by atoms with Gasteiger partial charge < -0.3 is 10.4 Å². The van der Waals surface area contributed by atoms with Crippen molar-refractivity contribution in [2.24, 2.45) is 0 Å². The van der Waals surface area contributed by atoms with E-state index >= 15 is 0 Å². The third-order valence-electron chi connectivity index (χ3n) is 3.22. The van der Waals surface area contributed by atoms with E-state index in [2.05, 4.69) is 10.3 Å². The van der Waals surface area contributed by atoms with Crippen LogP contribution in [-0.2, 0) is 0 Å². The lowest BCUT2D eigenvalue weighted by Gasteiger charge is -2.36. The van der Waals surface area contributed by atoms with E-state index in [9.17, 15) is 9.50 Å². The fourth-order valence-corrected chi connectivity index (χ4v) is 2.30. The Morgan fingerprint density at radius 3 is 2.69 bits per heavy atom. The highest BCUT2D eigenvalue weighted by Gasteiger charge is 2.31. The summed E-state index contributed by atoms with van der Waals surface area (Å²) in [6, 6.07) is 4.67. The molecule has 0 saturated heterocycles. The van der Waals surface area contributed by atoms with Crippen molar-refractivity contribution in [1.82, 2.24) is 4.98 Å². The van der Waals surface area contributed by atoms with Gasteiger partial charge in [-0.05, 0) is 25.0 Å². The predicted molar refractivity (Wildman–Crippen MR) is 60.7 cm³/mol. The molecular formula is C12H17FN2O. The third-order valence-corrected chi connectivity index (χ3v) is 3.22. The fourth-order valence-electron chi connectivity index (χ4n) is 2.30. The van der Waals surface area contributed by atoms with Gasteiger partial charge in [-0.2, -0.15) is 4.39 Å². The number of rotatable bonds is 3. The molecule has 1 aromatic heterocycles. The maximum absolute atomic E-state index is 12.9. The molecule has 1 aliphatic carbocycles. The molecule has 88 valence electrons. The molecule has 1 heterocycles. The lowest BCUT2D eigenvalue weighted by atomic mass is 9.82. The molecular weight excluding hydrogens is 207 g/mol. The standard InChI is InChI=1S/C12H17FN2O/c13-10-5-4-6-11(14-10)15-12(9-16)7-2-1-3-8-12/h4-6,16H,1-3,7-9H2,(H,14,15). The zero-order valence-electron chi connectivity index (χ0n) is 9.25. The molecule has 0 spiro atoms. The molecule has 1 aliphatic rings. The molecule has 0 aliphatic heterocycles. The van der Waals surface area contributed by atoms with E-state index in [1.54, 1.807) is 12.1 Å². The van der Waals surface area contributed by atoms with Crippen molar-refractivity contribution < 1.29 is 9.50 Å². The summed E-state index contributed by atoms with van der Waals surface area (Å²) in [5.74, 6) is 0.0184. The number of aliphatic hydroxyl groups is 1. The van der Waals surface area contributed by atoms with Crippen LogP contribution >= 0.6 is 0 Å². The Morgan fingerprint density at radius 2 is 2.06 bits per heavy atom. The number of nitrogens with one attached hydrogen (secondary N) is 1. The van der Waals surface area contributed by atoms with Crippen molar-refractivity contribution in [3.05, 3.63) is 24.1 Å². The van der Waals surface area contributed by atoms with Crippen molar-refractivity contribution in [3.8, 4) is 0 Å². The van der Waals surface area contributed by atoms with Crippen LogP contribution in [0.15, 0.2) is 18.2 Å². The number of nitrogens with zero attached hydrogens (tertiary/aromatic N) is 1. The first kappa shape index (κ1) is 11.3. The van der Waals surface area contributed by atoms with E-state index in [0.717, 1.165) is 25.7 Å². The van der Waals surface area contributed by atoms with E-state index in [1.165, 1.54) is 12.5 Å². The average molecular weight is 224 g/mol. The monoisotopic (exact) mass is 224 g/mol. The number of aromatic nitrogens is 1. The minimum Gasteiger partial charge on any atom is -0.394 e. The summed E-state index contributed by atoms with van der Waals surface area (Å²) >= 11 is 0. The fraction of sp³-hybridized carbons (Fsp3) is 0.583. The molecule has 0 unspecified atom stereocenters. The largest absolute Gasteiger partial charge is 0.394 e. The Labute approximate surface area is 94.7 Å². The van der Waals surface area contributed by atoms with Gasteiger partial charge in [0, 0.05) is 0 Å². The molecule has 2 N–H and O–H groups in total. The second-order valence-corrected chi connectivity index (χ2v) is 4.47. The summed E-state index contributed by atoms with van der Waals surface area (Å²) in [6.07, 6.45) is 5.25. The van der Waals surface area contributed by atoms with Crippen molar-refractivity contribution in [2.45, 2.75) is 37.6 Å². The normalized spacial score (nSPS) is 19.4. The second-order valence-electron chi connectivity index (χ2n) is 4.47. The highest BCUT2D eigenvalue weighted by Crippen LogP contribution is 2.30. The molecule has 3 nitrogen and oxygen atoms in total. The minimum absolute atomic E-state index is 0.0746. The molecule has 0 radical (unpaired) electrons. The average Bonchev–Trinajstić information content (AvgIpc) is 2.30. The van der Waals surface area contributed by atoms with Crippen molar-refractivity contribution in [1.29, 1.82) is 0 Å². The smallest absolute Gasteiger partial charge is 0.214 e. The molecule has 1 saturated carbocycles. The minimum atomic E-state index is -0.492. The molecule has 4 heteroatoms. The molecule has 2 rings (SSSR count). The Kier molecular flexibility index (Phi) is 3.39. The first-order chi connectivity index (χ1) is 7.74. The van der Waals surface area contributed by atoms with Crippen LogP contribution in [0.5, 0.6) is 0 Å². The van der Waals surface area contributed by atoms with E-state index in [4.69, 9.17) is 0 Å². The van der Waals surface area contributed by atoms with Gasteiger partial charge in [-0.3, -0.25) is 0 Å². The van der Waals surface area contributed by atoms with Crippen LogP contribution in [0.1, 0.15) is 32.1 Å². The number of halogens is 1. The van der Waals surface area contributed by atoms with E-state index < -0.39 is 5.95 Å². The van der Waals surface area contributed by atoms with Crippen LogP contribution in [0, 0.1) is 5.95 Å². The molecule has 0 bridgehead atoms. The van der Waals surface area contributed by atoms with Gasteiger partial charge in [-0.15, -0.1) is 0 Å². The van der Waals surface area contributed by atoms with E-state index in [1.807, 2.05) is 0 Å². The van der Waals surface area contributed by atoms with E-state index in [-0.39, 0.29) is 12.1 Å². The molecule has 0 atom stereocenters.